The minimum absolute atomic E-state index is 0.919. The lowest BCUT2D eigenvalue weighted by Gasteiger charge is -2.13. The summed E-state index contributed by atoms with van der Waals surface area (Å²) in [5.41, 5.74) is 6.35. The van der Waals surface area contributed by atoms with Gasteiger partial charge in [-0.2, -0.15) is 0 Å². The van der Waals surface area contributed by atoms with Crippen molar-refractivity contribution in [3.8, 4) is 5.69 Å². The van der Waals surface area contributed by atoms with Crippen molar-refractivity contribution < 1.29 is 4.42 Å². The van der Waals surface area contributed by atoms with Crippen molar-refractivity contribution in [1.29, 1.82) is 0 Å². The summed E-state index contributed by atoms with van der Waals surface area (Å²) in [6.07, 6.45) is 0. The van der Waals surface area contributed by atoms with Crippen molar-refractivity contribution in [3.05, 3.63) is 109 Å². The molecule has 37 heavy (non-hydrogen) atoms. The van der Waals surface area contributed by atoms with E-state index in [9.17, 15) is 0 Å². The van der Waals surface area contributed by atoms with Gasteiger partial charge in [0.25, 0.3) is 0 Å². The lowest BCUT2D eigenvalue weighted by Crippen LogP contribution is -1.97. The molecule has 4 heterocycles. The van der Waals surface area contributed by atoms with Crippen LogP contribution in [0.1, 0.15) is 0 Å². The lowest BCUT2D eigenvalue weighted by molar-refractivity contribution is 0.673. The first-order valence-electron chi connectivity index (χ1n) is 12.4. The van der Waals surface area contributed by atoms with Crippen LogP contribution in [0.25, 0.3) is 80.6 Å². The van der Waals surface area contributed by atoms with Gasteiger partial charge in [-0.15, -0.1) is 11.3 Å². The summed E-state index contributed by atoms with van der Waals surface area (Å²) >= 11 is 1.76. The molecule has 0 aliphatic rings. The summed E-state index contributed by atoms with van der Waals surface area (Å²) in [4.78, 5) is 6.17. The molecule has 0 aliphatic carbocycles. The van der Waals surface area contributed by atoms with E-state index in [-0.39, 0.29) is 0 Å². The van der Waals surface area contributed by atoms with Crippen LogP contribution in [0.15, 0.2) is 114 Å². The van der Waals surface area contributed by atoms with Crippen LogP contribution < -0.4 is 0 Å². The van der Waals surface area contributed by atoms with Crippen molar-refractivity contribution >= 4 is 86.3 Å². The summed E-state index contributed by atoms with van der Waals surface area (Å²) in [6, 6.07) is 38.6. The van der Waals surface area contributed by atoms with E-state index >= 15 is 0 Å². The number of para-hydroxylation sites is 3. The Labute approximate surface area is 214 Å². The Hall–Kier alpha value is -4.67. The van der Waals surface area contributed by atoms with Crippen LogP contribution in [0, 0.1) is 0 Å². The molecule has 5 aromatic carbocycles. The predicted molar refractivity (Wildman–Crippen MR) is 156 cm³/mol. The molecule has 0 spiro atoms. The molecule has 4 heteroatoms. The van der Waals surface area contributed by atoms with Crippen LogP contribution in [-0.2, 0) is 0 Å². The van der Waals surface area contributed by atoms with Gasteiger partial charge in [0, 0.05) is 37.0 Å². The van der Waals surface area contributed by atoms with Gasteiger partial charge in [-0.05, 0) is 36.4 Å². The number of benzene rings is 5. The molecule has 4 aromatic heterocycles. The van der Waals surface area contributed by atoms with Crippen LogP contribution in [0.2, 0.25) is 0 Å². The standard InChI is InChI=1S/C33H18N2OS/c1-5-13-24-21(10-1)31(30-23-12-4-8-16-28(23)37-33(30)34-24)35-25-14-6-2-11-22(25)29-26(35)18-17-20-19-9-3-7-15-27(19)36-32(20)29/h1-18H. The average molecular weight is 491 g/mol. The van der Waals surface area contributed by atoms with E-state index in [1.54, 1.807) is 11.3 Å². The number of aromatic nitrogens is 2. The SMILES string of the molecule is c1ccc2c(-n3c4ccccc4c4c5oc6ccccc6c5ccc43)c3c(nc2c1)sc1ccccc13. The van der Waals surface area contributed by atoms with E-state index < -0.39 is 0 Å². The monoisotopic (exact) mass is 490 g/mol. The second kappa shape index (κ2) is 6.96. The Bertz CT molecular complexity index is 2370. The number of hydrogen-bond acceptors (Lipinski definition) is 3. The van der Waals surface area contributed by atoms with Crippen LogP contribution in [0.5, 0.6) is 0 Å². The quantitative estimate of drug-likeness (QED) is 0.229. The molecule has 0 aliphatic heterocycles. The first kappa shape index (κ1) is 19.5. The largest absolute Gasteiger partial charge is 0.455 e. The summed E-state index contributed by atoms with van der Waals surface area (Å²) in [5.74, 6) is 0. The van der Waals surface area contributed by atoms with Crippen LogP contribution >= 0.6 is 11.3 Å². The maximum Gasteiger partial charge on any atom is 0.145 e. The van der Waals surface area contributed by atoms with Crippen LogP contribution in [0.3, 0.4) is 0 Å². The molecule has 0 unspecified atom stereocenters. The highest BCUT2D eigenvalue weighted by Crippen LogP contribution is 2.45. The lowest BCUT2D eigenvalue weighted by atomic mass is 10.1. The topological polar surface area (TPSA) is 31.0 Å². The number of fused-ring (bicyclic) bond motifs is 11. The van der Waals surface area contributed by atoms with E-state index in [0.717, 1.165) is 48.6 Å². The van der Waals surface area contributed by atoms with Gasteiger partial charge >= 0.3 is 0 Å². The molecule has 3 nitrogen and oxygen atoms in total. The molecule has 0 N–H and O–H groups in total. The first-order chi connectivity index (χ1) is 18.4. The molecule has 0 atom stereocenters. The summed E-state index contributed by atoms with van der Waals surface area (Å²) in [7, 11) is 0. The fourth-order valence-electron chi connectivity index (χ4n) is 6.06. The predicted octanol–water partition coefficient (Wildman–Crippen LogP) is 9.60. The number of hydrogen-bond donors (Lipinski definition) is 0. The molecule has 0 saturated carbocycles. The normalized spacial score (nSPS) is 12.3. The number of pyridine rings is 1. The number of rotatable bonds is 1. The van der Waals surface area contributed by atoms with Crippen LogP contribution in [0.4, 0.5) is 0 Å². The van der Waals surface area contributed by atoms with Crippen molar-refractivity contribution in [2.24, 2.45) is 0 Å². The van der Waals surface area contributed by atoms with Gasteiger partial charge in [-0.3, -0.25) is 0 Å². The summed E-state index contributed by atoms with van der Waals surface area (Å²) < 4.78 is 10.2. The minimum atomic E-state index is 0.919. The zero-order valence-corrected chi connectivity index (χ0v) is 20.4. The van der Waals surface area contributed by atoms with Gasteiger partial charge in [0.2, 0.25) is 0 Å². The van der Waals surface area contributed by atoms with Crippen molar-refractivity contribution in [1.82, 2.24) is 9.55 Å². The zero-order chi connectivity index (χ0) is 24.1. The molecule has 172 valence electrons. The summed E-state index contributed by atoms with van der Waals surface area (Å²) in [5, 5.41) is 8.23. The van der Waals surface area contributed by atoms with E-state index in [2.05, 4.69) is 108 Å². The van der Waals surface area contributed by atoms with Gasteiger partial charge in [0.05, 0.1) is 27.6 Å². The third-order valence-electron chi connectivity index (χ3n) is 7.60. The third kappa shape index (κ3) is 2.48. The maximum absolute atomic E-state index is 6.53. The Morgan fingerprint density at radius 3 is 2.22 bits per heavy atom. The Morgan fingerprint density at radius 2 is 1.30 bits per heavy atom. The van der Waals surface area contributed by atoms with Crippen molar-refractivity contribution in [3.63, 3.8) is 0 Å². The Balaban J connectivity index is 1.57. The van der Waals surface area contributed by atoms with E-state index in [0.29, 0.717) is 0 Å². The molecular weight excluding hydrogens is 472 g/mol. The maximum atomic E-state index is 6.53. The van der Waals surface area contributed by atoms with E-state index in [4.69, 9.17) is 9.40 Å². The molecule has 0 bridgehead atoms. The second-order valence-electron chi connectivity index (χ2n) is 9.54. The fourth-order valence-corrected chi connectivity index (χ4v) is 7.15. The van der Waals surface area contributed by atoms with Gasteiger partial charge < -0.3 is 8.98 Å². The Kier molecular flexibility index (Phi) is 3.67. The van der Waals surface area contributed by atoms with Crippen molar-refractivity contribution in [2.45, 2.75) is 0 Å². The molecular formula is C33H18N2OS. The smallest absolute Gasteiger partial charge is 0.145 e. The van der Waals surface area contributed by atoms with Gasteiger partial charge in [0.1, 0.15) is 16.0 Å². The fraction of sp³-hybridized carbons (Fsp3) is 0. The van der Waals surface area contributed by atoms with Gasteiger partial charge in [0.15, 0.2) is 0 Å². The Morgan fingerprint density at radius 1 is 0.568 bits per heavy atom. The average Bonchev–Trinajstić information content (AvgIpc) is 3.61. The molecule has 9 rings (SSSR count). The van der Waals surface area contributed by atoms with Crippen molar-refractivity contribution in [2.75, 3.05) is 0 Å². The molecule has 0 amide bonds. The van der Waals surface area contributed by atoms with Gasteiger partial charge in [-0.25, -0.2) is 4.98 Å². The number of thiophene rings is 1. The highest BCUT2D eigenvalue weighted by molar-refractivity contribution is 7.25. The van der Waals surface area contributed by atoms with Crippen LogP contribution in [-0.4, -0.2) is 9.55 Å². The minimum Gasteiger partial charge on any atom is -0.455 e. The van der Waals surface area contributed by atoms with E-state index in [1.807, 2.05) is 6.07 Å². The first-order valence-corrected chi connectivity index (χ1v) is 13.2. The van der Waals surface area contributed by atoms with Gasteiger partial charge in [-0.1, -0.05) is 72.8 Å². The number of furan rings is 1. The molecule has 0 saturated heterocycles. The third-order valence-corrected chi connectivity index (χ3v) is 8.66. The summed E-state index contributed by atoms with van der Waals surface area (Å²) in [6.45, 7) is 0. The second-order valence-corrected chi connectivity index (χ2v) is 10.6. The molecule has 0 fully saturated rings. The zero-order valence-electron chi connectivity index (χ0n) is 19.6. The highest BCUT2D eigenvalue weighted by atomic mass is 32.1. The number of nitrogens with zero attached hydrogens (tertiary/aromatic N) is 2. The molecule has 0 radical (unpaired) electrons. The van der Waals surface area contributed by atoms with E-state index in [1.165, 1.54) is 32.1 Å². The molecule has 9 aromatic rings. The highest BCUT2D eigenvalue weighted by Gasteiger charge is 2.22.